The summed E-state index contributed by atoms with van der Waals surface area (Å²) < 4.78 is 76.2. The Morgan fingerprint density at radius 3 is 2.20 bits per heavy atom. The van der Waals surface area contributed by atoms with Gasteiger partial charge in [-0.25, -0.2) is 5.43 Å². The lowest BCUT2D eigenvalue weighted by molar-refractivity contribution is -0.109. The molecule has 1 atom stereocenters. The van der Waals surface area contributed by atoms with Gasteiger partial charge in [0.1, 0.15) is 22.5 Å². The molecule has 0 saturated carbocycles. The largest absolute Gasteiger partial charge is 0.496 e. The third-order valence-corrected chi connectivity index (χ3v) is 9.51. The second-order valence-electron chi connectivity index (χ2n) is 10.5. The van der Waals surface area contributed by atoms with Crippen LogP contribution in [0.5, 0.6) is 34.5 Å². The minimum Gasteiger partial charge on any atom is -0.496 e. The number of rotatable bonds is 14. The lowest BCUT2D eigenvalue weighted by atomic mass is 10.1. The van der Waals surface area contributed by atoms with Crippen molar-refractivity contribution in [1.82, 2.24) is 5.43 Å². The molecule has 50 heavy (non-hydrogen) atoms. The summed E-state index contributed by atoms with van der Waals surface area (Å²) in [6, 6.07) is 13.6. The highest BCUT2D eigenvalue weighted by Crippen LogP contribution is 2.44. The Kier molecular flexibility index (Phi) is 10.8. The number of thioether (sulfide) groups is 1. The normalized spacial score (nSPS) is 15.3. The van der Waals surface area contributed by atoms with Gasteiger partial charge in [-0.15, -0.1) is 5.10 Å². The molecule has 0 radical (unpaired) electrons. The quantitative estimate of drug-likeness (QED) is 0.137. The van der Waals surface area contributed by atoms with E-state index >= 15 is 0 Å². The van der Waals surface area contributed by atoms with Gasteiger partial charge in [-0.3, -0.25) is 4.79 Å². The molecule has 1 aromatic heterocycles. The van der Waals surface area contributed by atoms with E-state index in [4.69, 9.17) is 47.0 Å². The Labute approximate surface area is 291 Å². The highest BCUT2D eigenvalue weighted by molar-refractivity contribution is 8.13. The number of hydrogen-bond acceptors (Lipinski definition) is 16. The van der Waals surface area contributed by atoms with Gasteiger partial charge in [0.15, 0.2) is 17.3 Å². The van der Waals surface area contributed by atoms with Gasteiger partial charge in [0.25, 0.3) is 5.23 Å². The molecule has 1 aliphatic rings. The lowest BCUT2D eigenvalue weighted by Crippen LogP contribution is -2.42. The number of fused-ring (bicyclic) bond motifs is 1. The molecule has 2 heterocycles. The fraction of sp³-hybridized carbons (Fsp3) is 0.303. The average molecular weight is 728 g/mol. The van der Waals surface area contributed by atoms with Crippen LogP contribution in [-0.4, -0.2) is 67.5 Å². The van der Waals surface area contributed by atoms with Crippen LogP contribution < -0.4 is 39.3 Å². The number of methoxy groups -OCH3 is 5. The molecule has 1 aliphatic heterocycles. The molecule has 0 saturated heterocycles. The summed E-state index contributed by atoms with van der Waals surface area (Å²) in [6.45, 7) is 1.43. The van der Waals surface area contributed by atoms with Crippen molar-refractivity contribution in [1.29, 1.82) is 5.26 Å². The molecule has 0 amide bonds. The molecule has 1 N–H and O–H groups in total. The van der Waals surface area contributed by atoms with Gasteiger partial charge in [-0.05, 0) is 42.8 Å². The maximum absolute atomic E-state index is 14.0. The number of hydrogen-bond donors (Lipinski definition) is 1. The van der Waals surface area contributed by atoms with Crippen molar-refractivity contribution in [2.75, 3.05) is 47.9 Å². The van der Waals surface area contributed by atoms with Crippen LogP contribution in [0.25, 0.3) is 22.3 Å². The molecule has 264 valence electrons. The van der Waals surface area contributed by atoms with Crippen LogP contribution >= 0.6 is 11.8 Å². The van der Waals surface area contributed by atoms with Crippen LogP contribution in [0, 0.1) is 11.3 Å². The third-order valence-electron chi connectivity index (χ3n) is 7.21. The zero-order valence-electron chi connectivity index (χ0n) is 27.9. The second kappa shape index (κ2) is 15.1. The Balaban J connectivity index is 1.32. The van der Waals surface area contributed by atoms with E-state index in [9.17, 15) is 13.2 Å². The summed E-state index contributed by atoms with van der Waals surface area (Å²) >= 11 is 1.17. The number of nitrogens with zero attached hydrogens (tertiary/aromatic N) is 2. The molecule has 0 aliphatic carbocycles. The van der Waals surface area contributed by atoms with Crippen LogP contribution in [0.15, 0.2) is 67.7 Å². The van der Waals surface area contributed by atoms with E-state index in [0.29, 0.717) is 46.3 Å². The Bertz CT molecular complexity index is 2100. The maximum atomic E-state index is 14.0. The van der Waals surface area contributed by atoms with E-state index in [-0.39, 0.29) is 45.0 Å². The standard InChI is InChI=1S/C33H33N3O12S2/c1-33(48-50(38,39)22-10-8-19(18-34)9-11-22)36-35-32(47-33)49-13-7-12-45-31-28(37)27-23(41-3)16-21(40-2)17-24(27)46-29(31)20-14-25(42-4)30(44-6)26(15-20)43-5/h8-11,14-17,36H,7,12-13H2,1-6H3. The van der Waals surface area contributed by atoms with E-state index in [1.807, 2.05) is 6.07 Å². The third kappa shape index (κ3) is 7.47. The van der Waals surface area contributed by atoms with Crippen LogP contribution in [0.1, 0.15) is 18.9 Å². The van der Waals surface area contributed by atoms with E-state index in [1.54, 1.807) is 24.3 Å². The SMILES string of the molecule is COc1cc(OC)c2c(=O)c(OCCCSC3=NNC(C)(OS(=O)(=O)c4ccc(C#N)cc4)O3)c(-c3cc(OC)c(OC)c(OC)c3)oc2c1. The first-order chi connectivity index (χ1) is 24.0. The molecule has 4 aromatic rings. The van der Waals surface area contributed by atoms with Gasteiger partial charge in [0, 0.05) is 30.4 Å². The minimum atomic E-state index is -4.26. The van der Waals surface area contributed by atoms with Gasteiger partial charge in [0.05, 0.1) is 58.7 Å². The molecule has 5 rings (SSSR count). The van der Waals surface area contributed by atoms with Crippen molar-refractivity contribution in [3.63, 3.8) is 0 Å². The Hall–Kier alpha value is -5.31. The molecule has 15 nitrogen and oxygen atoms in total. The van der Waals surface area contributed by atoms with E-state index in [2.05, 4.69) is 10.5 Å². The number of nitrogens with one attached hydrogen (secondary N) is 1. The summed E-state index contributed by atoms with van der Waals surface area (Å²) in [5.74, 6) is 0.302. The molecule has 0 fully saturated rings. The van der Waals surface area contributed by atoms with Gasteiger partial charge in [-0.2, -0.15) is 17.9 Å². The zero-order chi connectivity index (χ0) is 36.1. The zero-order valence-corrected chi connectivity index (χ0v) is 29.5. The van der Waals surface area contributed by atoms with Gasteiger partial charge < -0.3 is 37.6 Å². The molecule has 17 heteroatoms. The van der Waals surface area contributed by atoms with Crippen molar-refractivity contribution >= 4 is 38.1 Å². The first kappa shape index (κ1) is 36.0. The molecule has 0 bridgehead atoms. The number of nitriles is 1. The van der Waals surface area contributed by atoms with Crippen molar-refractivity contribution in [2.45, 2.75) is 24.2 Å². The van der Waals surface area contributed by atoms with E-state index < -0.39 is 21.5 Å². The van der Waals surface area contributed by atoms with Crippen LogP contribution in [0.2, 0.25) is 0 Å². The monoisotopic (exact) mass is 727 g/mol. The van der Waals surface area contributed by atoms with Crippen LogP contribution in [0.4, 0.5) is 0 Å². The van der Waals surface area contributed by atoms with E-state index in [1.165, 1.54) is 78.5 Å². The predicted molar refractivity (Wildman–Crippen MR) is 183 cm³/mol. The van der Waals surface area contributed by atoms with Gasteiger partial charge >= 0.3 is 16.0 Å². The predicted octanol–water partition coefficient (Wildman–Crippen LogP) is 4.85. The summed E-state index contributed by atoms with van der Waals surface area (Å²) in [4.78, 5) is 13.9. The summed E-state index contributed by atoms with van der Waals surface area (Å²) in [6.07, 6.45) is 0.403. The summed E-state index contributed by atoms with van der Waals surface area (Å²) in [7, 11) is 3.08. The molecular weight excluding hydrogens is 695 g/mol. The van der Waals surface area contributed by atoms with Crippen LogP contribution in [0.3, 0.4) is 0 Å². The van der Waals surface area contributed by atoms with Crippen molar-refractivity contribution in [3.05, 3.63) is 64.3 Å². The average Bonchev–Trinajstić information content (AvgIpc) is 3.49. The van der Waals surface area contributed by atoms with Crippen molar-refractivity contribution in [3.8, 4) is 51.9 Å². The topological polar surface area (TPSA) is 186 Å². The Morgan fingerprint density at radius 1 is 0.920 bits per heavy atom. The molecule has 1 unspecified atom stereocenters. The first-order valence-electron chi connectivity index (χ1n) is 14.8. The van der Waals surface area contributed by atoms with Crippen molar-refractivity contribution in [2.24, 2.45) is 5.10 Å². The van der Waals surface area contributed by atoms with Crippen molar-refractivity contribution < 1.29 is 50.2 Å². The Morgan fingerprint density at radius 2 is 1.60 bits per heavy atom. The lowest BCUT2D eigenvalue weighted by Gasteiger charge is -2.22. The summed E-state index contributed by atoms with van der Waals surface area (Å²) in [5.41, 5.74) is 2.99. The first-order valence-corrected chi connectivity index (χ1v) is 17.2. The number of hydrazone groups is 1. The number of ether oxygens (including phenoxy) is 7. The molecular formula is C33H33N3O12S2. The maximum Gasteiger partial charge on any atom is 0.321 e. The smallest absolute Gasteiger partial charge is 0.321 e. The molecule has 0 spiro atoms. The van der Waals surface area contributed by atoms with E-state index in [0.717, 1.165) is 0 Å². The number of benzene rings is 3. The fourth-order valence-corrected chi connectivity index (χ4v) is 6.68. The van der Waals surface area contributed by atoms with Gasteiger partial charge in [0.2, 0.25) is 16.9 Å². The van der Waals surface area contributed by atoms with Gasteiger partial charge in [-0.1, -0.05) is 11.8 Å². The highest BCUT2D eigenvalue weighted by atomic mass is 32.2. The van der Waals surface area contributed by atoms with Crippen LogP contribution in [-0.2, 0) is 19.0 Å². The second-order valence-corrected chi connectivity index (χ2v) is 13.1. The minimum absolute atomic E-state index is 0.0701. The highest BCUT2D eigenvalue weighted by Gasteiger charge is 2.40. The molecule has 3 aromatic carbocycles. The fourth-order valence-electron chi connectivity index (χ4n) is 4.86. The summed E-state index contributed by atoms with van der Waals surface area (Å²) in [5, 5.41) is 13.3.